The standard InChI is InChI=1S/C14H17NO7/c1-9(20-12(16)14(2,3)4)21-13(17)22-11-7-5-10(6-8-11)15(18)19/h5-9H,1-4H3. The molecule has 8 heteroatoms. The number of carbonyl (C=O) groups excluding carboxylic acids is 2. The highest BCUT2D eigenvalue weighted by molar-refractivity contribution is 5.75. The quantitative estimate of drug-likeness (QED) is 0.276. The molecule has 120 valence electrons. The number of non-ortho nitro benzene ring substituents is 1. The third-order valence-corrected chi connectivity index (χ3v) is 2.40. The van der Waals surface area contributed by atoms with Gasteiger partial charge in [0.2, 0.25) is 6.29 Å². The Morgan fingerprint density at radius 1 is 1.14 bits per heavy atom. The van der Waals surface area contributed by atoms with E-state index in [-0.39, 0.29) is 11.4 Å². The topological polar surface area (TPSA) is 105 Å². The minimum absolute atomic E-state index is 0.0740. The summed E-state index contributed by atoms with van der Waals surface area (Å²) in [6.07, 6.45) is -2.19. The number of carbonyl (C=O) groups is 2. The summed E-state index contributed by atoms with van der Waals surface area (Å²) in [5.74, 6) is -0.451. The molecule has 0 N–H and O–H groups in total. The van der Waals surface area contributed by atoms with Gasteiger partial charge < -0.3 is 14.2 Å². The van der Waals surface area contributed by atoms with Crippen molar-refractivity contribution in [3.05, 3.63) is 34.4 Å². The Labute approximate surface area is 127 Å². The molecule has 0 saturated heterocycles. The van der Waals surface area contributed by atoms with Crippen molar-refractivity contribution in [2.75, 3.05) is 0 Å². The van der Waals surface area contributed by atoms with Crippen LogP contribution < -0.4 is 4.74 Å². The van der Waals surface area contributed by atoms with E-state index in [1.54, 1.807) is 20.8 Å². The van der Waals surface area contributed by atoms with Crippen molar-refractivity contribution in [2.45, 2.75) is 34.0 Å². The van der Waals surface area contributed by atoms with Crippen molar-refractivity contribution in [3.8, 4) is 5.75 Å². The normalized spacial score (nSPS) is 12.2. The summed E-state index contributed by atoms with van der Waals surface area (Å²) in [6, 6.07) is 4.88. The number of nitrogens with zero attached hydrogens (tertiary/aromatic N) is 1. The zero-order chi connectivity index (χ0) is 16.9. The first-order chi connectivity index (χ1) is 10.1. The molecule has 8 nitrogen and oxygen atoms in total. The molecule has 1 aromatic carbocycles. The van der Waals surface area contributed by atoms with Crippen molar-refractivity contribution in [1.29, 1.82) is 0 Å². The maximum Gasteiger partial charge on any atom is 0.516 e. The highest BCUT2D eigenvalue weighted by Crippen LogP contribution is 2.19. The van der Waals surface area contributed by atoms with E-state index in [0.29, 0.717) is 0 Å². The molecular formula is C14H17NO7. The average Bonchev–Trinajstić information content (AvgIpc) is 2.37. The molecular weight excluding hydrogens is 294 g/mol. The van der Waals surface area contributed by atoms with E-state index in [2.05, 4.69) is 0 Å². The molecule has 0 aliphatic carbocycles. The van der Waals surface area contributed by atoms with Crippen LogP contribution in [0.3, 0.4) is 0 Å². The summed E-state index contributed by atoms with van der Waals surface area (Å²) in [5.41, 5.74) is -0.854. The van der Waals surface area contributed by atoms with E-state index in [4.69, 9.17) is 14.2 Å². The van der Waals surface area contributed by atoms with E-state index in [1.807, 2.05) is 0 Å². The SMILES string of the molecule is CC(OC(=O)Oc1ccc([N+](=O)[O-])cc1)OC(=O)C(C)(C)C. The molecule has 0 saturated carbocycles. The molecule has 0 heterocycles. The van der Waals surface area contributed by atoms with Crippen molar-refractivity contribution in [1.82, 2.24) is 0 Å². The Bertz CT molecular complexity index is 560. The highest BCUT2D eigenvalue weighted by atomic mass is 16.8. The van der Waals surface area contributed by atoms with Gasteiger partial charge in [-0.3, -0.25) is 14.9 Å². The Balaban J connectivity index is 2.52. The van der Waals surface area contributed by atoms with Gasteiger partial charge in [0.05, 0.1) is 10.3 Å². The lowest BCUT2D eigenvalue weighted by molar-refractivity contribution is -0.384. The van der Waals surface area contributed by atoms with Crippen LogP contribution in [-0.2, 0) is 14.3 Å². The number of rotatable bonds is 4. The predicted octanol–water partition coefficient (Wildman–Crippen LogP) is 3.05. The molecule has 0 bridgehead atoms. The molecule has 0 aliphatic heterocycles. The van der Waals surface area contributed by atoms with Crippen LogP contribution in [0.15, 0.2) is 24.3 Å². The van der Waals surface area contributed by atoms with Crippen LogP contribution in [0.25, 0.3) is 0 Å². The lowest BCUT2D eigenvalue weighted by atomic mass is 9.97. The van der Waals surface area contributed by atoms with Gasteiger partial charge in [0.25, 0.3) is 5.69 Å². The number of ether oxygens (including phenoxy) is 3. The van der Waals surface area contributed by atoms with E-state index >= 15 is 0 Å². The summed E-state index contributed by atoms with van der Waals surface area (Å²) in [7, 11) is 0. The molecule has 1 atom stereocenters. The number of esters is 1. The van der Waals surface area contributed by atoms with Crippen LogP contribution in [0.2, 0.25) is 0 Å². The van der Waals surface area contributed by atoms with Crippen LogP contribution in [0.1, 0.15) is 27.7 Å². The Kier molecular flexibility index (Phi) is 5.44. The zero-order valence-electron chi connectivity index (χ0n) is 12.7. The average molecular weight is 311 g/mol. The van der Waals surface area contributed by atoms with E-state index in [1.165, 1.54) is 31.2 Å². The van der Waals surface area contributed by atoms with E-state index < -0.39 is 28.8 Å². The van der Waals surface area contributed by atoms with Crippen LogP contribution in [0.4, 0.5) is 10.5 Å². The van der Waals surface area contributed by atoms with E-state index in [0.717, 1.165) is 0 Å². The zero-order valence-corrected chi connectivity index (χ0v) is 12.7. The predicted molar refractivity (Wildman–Crippen MR) is 75.2 cm³/mol. The first-order valence-electron chi connectivity index (χ1n) is 6.43. The fourth-order valence-electron chi connectivity index (χ4n) is 1.24. The van der Waals surface area contributed by atoms with Gasteiger partial charge in [0.1, 0.15) is 5.75 Å². The molecule has 0 aromatic heterocycles. The Morgan fingerprint density at radius 2 is 1.68 bits per heavy atom. The summed E-state index contributed by atoms with van der Waals surface area (Å²) in [6.45, 7) is 6.37. The molecule has 0 fully saturated rings. The molecule has 22 heavy (non-hydrogen) atoms. The van der Waals surface area contributed by atoms with Gasteiger partial charge >= 0.3 is 12.1 Å². The summed E-state index contributed by atoms with van der Waals surface area (Å²) < 4.78 is 14.5. The van der Waals surface area contributed by atoms with Gasteiger partial charge in [-0.1, -0.05) is 0 Å². The van der Waals surface area contributed by atoms with Crippen molar-refractivity contribution in [2.24, 2.45) is 5.41 Å². The number of hydrogen-bond donors (Lipinski definition) is 0. The third-order valence-electron chi connectivity index (χ3n) is 2.40. The maximum atomic E-state index is 11.6. The fraction of sp³-hybridized carbons (Fsp3) is 0.429. The van der Waals surface area contributed by atoms with Crippen LogP contribution in [0, 0.1) is 15.5 Å². The van der Waals surface area contributed by atoms with E-state index in [9.17, 15) is 19.7 Å². The van der Waals surface area contributed by atoms with Gasteiger partial charge in [-0.2, -0.15) is 0 Å². The second kappa shape index (κ2) is 6.88. The molecule has 0 aliphatic rings. The minimum Gasteiger partial charge on any atom is -0.425 e. The maximum absolute atomic E-state index is 11.6. The highest BCUT2D eigenvalue weighted by Gasteiger charge is 2.26. The second-order valence-electron chi connectivity index (χ2n) is 5.44. The molecule has 0 spiro atoms. The van der Waals surface area contributed by atoms with Gasteiger partial charge in [0, 0.05) is 19.1 Å². The van der Waals surface area contributed by atoms with Crippen LogP contribution in [-0.4, -0.2) is 23.3 Å². The number of nitro groups is 1. The largest absolute Gasteiger partial charge is 0.516 e. The fourth-order valence-corrected chi connectivity index (χ4v) is 1.24. The van der Waals surface area contributed by atoms with Crippen molar-refractivity contribution < 1.29 is 28.7 Å². The minimum atomic E-state index is -1.11. The Hall–Kier alpha value is -2.64. The summed E-state index contributed by atoms with van der Waals surface area (Å²) >= 11 is 0. The number of benzene rings is 1. The smallest absolute Gasteiger partial charge is 0.425 e. The monoisotopic (exact) mass is 311 g/mol. The lowest BCUT2D eigenvalue weighted by Gasteiger charge is -2.20. The second-order valence-corrected chi connectivity index (χ2v) is 5.44. The molecule has 0 amide bonds. The van der Waals surface area contributed by atoms with Gasteiger partial charge in [-0.15, -0.1) is 0 Å². The molecule has 1 rings (SSSR count). The van der Waals surface area contributed by atoms with Gasteiger partial charge in [-0.05, 0) is 32.9 Å². The number of hydrogen-bond acceptors (Lipinski definition) is 7. The van der Waals surface area contributed by atoms with Crippen molar-refractivity contribution >= 4 is 17.8 Å². The number of nitro benzene ring substituents is 1. The first-order valence-corrected chi connectivity index (χ1v) is 6.43. The van der Waals surface area contributed by atoms with Crippen LogP contribution in [0.5, 0.6) is 5.75 Å². The van der Waals surface area contributed by atoms with Gasteiger partial charge in [0.15, 0.2) is 0 Å². The first kappa shape index (κ1) is 17.4. The molecule has 1 unspecified atom stereocenters. The summed E-state index contributed by atoms with van der Waals surface area (Å²) in [5, 5.41) is 10.5. The summed E-state index contributed by atoms with van der Waals surface area (Å²) in [4.78, 5) is 33.0. The van der Waals surface area contributed by atoms with Crippen LogP contribution >= 0.6 is 0 Å². The molecule has 0 radical (unpaired) electrons. The molecule has 1 aromatic rings. The lowest BCUT2D eigenvalue weighted by Crippen LogP contribution is -2.30. The van der Waals surface area contributed by atoms with Gasteiger partial charge in [-0.25, -0.2) is 4.79 Å². The Morgan fingerprint density at radius 3 is 2.14 bits per heavy atom. The van der Waals surface area contributed by atoms with Crippen molar-refractivity contribution in [3.63, 3.8) is 0 Å². The third kappa shape index (κ3) is 5.39.